The highest BCUT2D eigenvalue weighted by molar-refractivity contribution is 9.10. The van der Waals surface area contributed by atoms with Crippen LogP contribution in [0.5, 0.6) is 0 Å². The summed E-state index contributed by atoms with van der Waals surface area (Å²) in [5.74, 6) is -0.573. The lowest BCUT2D eigenvalue weighted by atomic mass is 10.4. The SMILES string of the molecule is CC(C(=O)Nc1cccnc1Br)S(C)(=O)=O. The first-order valence-electron chi connectivity index (χ1n) is 4.42. The van der Waals surface area contributed by atoms with E-state index in [-0.39, 0.29) is 0 Å². The molecular formula is C9H11BrN2O3S. The number of carbonyl (C=O) groups is 1. The van der Waals surface area contributed by atoms with Crippen LogP contribution in [0, 0.1) is 0 Å². The lowest BCUT2D eigenvalue weighted by Crippen LogP contribution is -2.31. The minimum atomic E-state index is -3.38. The third kappa shape index (κ3) is 3.28. The van der Waals surface area contributed by atoms with Crippen molar-refractivity contribution in [3.63, 3.8) is 0 Å². The van der Waals surface area contributed by atoms with Crippen molar-refractivity contribution in [2.45, 2.75) is 12.2 Å². The van der Waals surface area contributed by atoms with Gasteiger partial charge in [-0.3, -0.25) is 4.79 Å². The van der Waals surface area contributed by atoms with Crippen molar-refractivity contribution in [1.29, 1.82) is 0 Å². The second-order valence-corrected chi connectivity index (χ2v) is 6.42. The standard InChI is InChI=1S/C9H11BrN2O3S/c1-6(16(2,14)15)9(13)12-7-4-3-5-11-8(7)10/h3-6H,1-2H3,(H,12,13). The van der Waals surface area contributed by atoms with Gasteiger partial charge in [0.25, 0.3) is 0 Å². The third-order valence-electron chi connectivity index (χ3n) is 2.03. The van der Waals surface area contributed by atoms with Gasteiger partial charge in [0.1, 0.15) is 9.85 Å². The Balaban J connectivity index is 2.84. The van der Waals surface area contributed by atoms with E-state index >= 15 is 0 Å². The van der Waals surface area contributed by atoms with Gasteiger partial charge in [-0.2, -0.15) is 0 Å². The minimum Gasteiger partial charge on any atom is -0.323 e. The van der Waals surface area contributed by atoms with Crippen LogP contribution < -0.4 is 5.32 Å². The summed E-state index contributed by atoms with van der Waals surface area (Å²) in [7, 11) is -3.38. The minimum absolute atomic E-state index is 0.447. The summed E-state index contributed by atoms with van der Waals surface area (Å²) in [6.45, 7) is 1.34. The number of pyridine rings is 1. The first-order chi connectivity index (χ1) is 7.32. The normalized spacial score (nSPS) is 13.2. The molecule has 1 aromatic heterocycles. The highest BCUT2D eigenvalue weighted by Gasteiger charge is 2.23. The molecule has 1 unspecified atom stereocenters. The van der Waals surface area contributed by atoms with Crippen molar-refractivity contribution in [3.05, 3.63) is 22.9 Å². The zero-order valence-electron chi connectivity index (χ0n) is 8.77. The first-order valence-corrected chi connectivity index (χ1v) is 7.17. The number of aromatic nitrogens is 1. The Labute approximate surface area is 102 Å². The molecule has 7 heteroatoms. The number of rotatable bonds is 3. The van der Waals surface area contributed by atoms with Gasteiger partial charge in [0.15, 0.2) is 9.84 Å². The molecule has 1 N–H and O–H groups in total. The molecule has 0 saturated carbocycles. The molecule has 0 radical (unpaired) electrons. The summed E-state index contributed by atoms with van der Waals surface area (Å²) in [5.41, 5.74) is 0.447. The van der Waals surface area contributed by atoms with Crippen molar-refractivity contribution in [2.24, 2.45) is 0 Å². The zero-order chi connectivity index (χ0) is 12.3. The van der Waals surface area contributed by atoms with Crippen molar-refractivity contribution in [3.8, 4) is 0 Å². The molecule has 16 heavy (non-hydrogen) atoms. The van der Waals surface area contributed by atoms with Crippen molar-refractivity contribution >= 4 is 37.4 Å². The fraction of sp³-hybridized carbons (Fsp3) is 0.333. The van der Waals surface area contributed by atoms with Gasteiger partial charge in [0, 0.05) is 12.5 Å². The molecule has 0 aliphatic heterocycles. The quantitative estimate of drug-likeness (QED) is 0.852. The van der Waals surface area contributed by atoms with Gasteiger partial charge >= 0.3 is 0 Å². The molecule has 1 aromatic rings. The molecule has 0 aliphatic rings. The van der Waals surface area contributed by atoms with Crippen LogP contribution in [0.4, 0.5) is 5.69 Å². The Morgan fingerprint density at radius 3 is 2.69 bits per heavy atom. The summed E-state index contributed by atoms with van der Waals surface area (Å²) < 4.78 is 22.8. The molecule has 0 saturated heterocycles. The van der Waals surface area contributed by atoms with E-state index in [9.17, 15) is 13.2 Å². The van der Waals surface area contributed by atoms with Crippen LogP contribution in [0.3, 0.4) is 0 Å². The molecule has 0 aliphatic carbocycles. The summed E-state index contributed by atoms with van der Waals surface area (Å²) >= 11 is 3.15. The average Bonchev–Trinajstić information content (AvgIpc) is 2.19. The van der Waals surface area contributed by atoms with Crippen molar-refractivity contribution in [1.82, 2.24) is 4.98 Å². The molecule has 0 fully saturated rings. The van der Waals surface area contributed by atoms with E-state index in [1.165, 1.54) is 6.92 Å². The predicted octanol–water partition coefficient (Wildman–Crippen LogP) is 1.22. The zero-order valence-corrected chi connectivity index (χ0v) is 11.2. The Morgan fingerprint density at radius 2 is 2.19 bits per heavy atom. The second kappa shape index (κ2) is 4.92. The largest absolute Gasteiger partial charge is 0.323 e. The number of sulfone groups is 1. The van der Waals surface area contributed by atoms with Gasteiger partial charge < -0.3 is 5.32 Å². The summed E-state index contributed by atoms with van der Waals surface area (Å²) in [6, 6.07) is 3.27. The highest BCUT2D eigenvalue weighted by Crippen LogP contribution is 2.18. The maximum absolute atomic E-state index is 11.6. The number of hydrogen-bond donors (Lipinski definition) is 1. The number of halogens is 1. The fourth-order valence-corrected chi connectivity index (χ4v) is 1.71. The van der Waals surface area contributed by atoms with Crippen molar-refractivity contribution < 1.29 is 13.2 Å². The van der Waals surface area contributed by atoms with Gasteiger partial charge in [0.05, 0.1) is 5.69 Å². The maximum atomic E-state index is 11.6. The number of carbonyl (C=O) groups excluding carboxylic acids is 1. The van der Waals surface area contributed by atoms with Crippen LogP contribution >= 0.6 is 15.9 Å². The Hall–Kier alpha value is -0.950. The van der Waals surface area contributed by atoms with E-state index in [2.05, 4.69) is 26.2 Å². The lowest BCUT2D eigenvalue weighted by Gasteiger charge is -2.10. The summed E-state index contributed by atoms with van der Waals surface area (Å²) in [6.07, 6.45) is 2.58. The fourth-order valence-electron chi connectivity index (χ4n) is 0.908. The van der Waals surface area contributed by atoms with Crippen LogP contribution in [0.15, 0.2) is 22.9 Å². The first kappa shape index (κ1) is 13.1. The summed E-state index contributed by atoms with van der Waals surface area (Å²) in [4.78, 5) is 15.5. The van der Waals surface area contributed by atoms with Gasteiger partial charge in [-0.15, -0.1) is 0 Å². The van der Waals surface area contributed by atoms with E-state index < -0.39 is 21.0 Å². The Kier molecular flexibility index (Phi) is 4.03. The van der Waals surface area contributed by atoms with Gasteiger partial charge in [-0.25, -0.2) is 13.4 Å². The molecule has 1 amide bonds. The number of nitrogens with zero attached hydrogens (tertiary/aromatic N) is 1. The highest BCUT2D eigenvalue weighted by atomic mass is 79.9. The van der Waals surface area contributed by atoms with Crippen LogP contribution in [0.1, 0.15) is 6.92 Å². The van der Waals surface area contributed by atoms with E-state index in [4.69, 9.17) is 0 Å². The monoisotopic (exact) mass is 306 g/mol. The van der Waals surface area contributed by atoms with E-state index in [0.717, 1.165) is 6.26 Å². The number of anilines is 1. The van der Waals surface area contributed by atoms with Gasteiger partial charge in [0.2, 0.25) is 5.91 Å². The molecule has 1 heterocycles. The number of amides is 1. The Bertz CT molecular complexity index is 501. The predicted molar refractivity (Wildman–Crippen MR) is 64.9 cm³/mol. The van der Waals surface area contributed by atoms with E-state index in [1.54, 1.807) is 18.3 Å². The molecule has 0 spiro atoms. The van der Waals surface area contributed by atoms with Crippen LogP contribution in [0.25, 0.3) is 0 Å². The number of nitrogens with one attached hydrogen (secondary N) is 1. The smallest absolute Gasteiger partial charge is 0.242 e. The molecule has 1 rings (SSSR count). The van der Waals surface area contributed by atoms with Gasteiger partial charge in [-0.05, 0) is 35.0 Å². The molecule has 1 atom stereocenters. The molecule has 0 aromatic carbocycles. The van der Waals surface area contributed by atoms with E-state index in [0.29, 0.717) is 10.3 Å². The second-order valence-electron chi connectivity index (χ2n) is 3.30. The van der Waals surface area contributed by atoms with E-state index in [1.807, 2.05) is 0 Å². The molecule has 88 valence electrons. The Morgan fingerprint density at radius 1 is 1.56 bits per heavy atom. The molecular weight excluding hydrogens is 296 g/mol. The maximum Gasteiger partial charge on any atom is 0.242 e. The van der Waals surface area contributed by atoms with Crippen LogP contribution in [-0.4, -0.2) is 30.8 Å². The lowest BCUT2D eigenvalue weighted by molar-refractivity contribution is -0.115. The third-order valence-corrected chi connectivity index (χ3v) is 4.16. The topological polar surface area (TPSA) is 76.1 Å². The van der Waals surface area contributed by atoms with Crippen LogP contribution in [0.2, 0.25) is 0 Å². The molecule has 5 nitrogen and oxygen atoms in total. The van der Waals surface area contributed by atoms with Crippen LogP contribution in [-0.2, 0) is 14.6 Å². The molecule has 0 bridgehead atoms. The average molecular weight is 307 g/mol. The van der Waals surface area contributed by atoms with Crippen molar-refractivity contribution in [2.75, 3.05) is 11.6 Å². The summed E-state index contributed by atoms with van der Waals surface area (Å²) in [5, 5.41) is 1.41. The number of hydrogen-bond acceptors (Lipinski definition) is 4. The van der Waals surface area contributed by atoms with Gasteiger partial charge in [-0.1, -0.05) is 0 Å².